The van der Waals surface area contributed by atoms with Crippen molar-refractivity contribution in [2.24, 2.45) is 23.6 Å². The SMILES string of the molecule is NNC(CCCC1CCCO1)C1CCC2CCCCC2C1. The predicted octanol–water partition coefficient (Wildman–Crippen LogP) is 3.77. The molecule has 5 atom stereocenters. The van der Waals surface area contributed by atoms with Crippen molar-refractivity contribution in [2.45, 2.75) is 89.2 Å². The summed E-state index contributed by atoms with van der Waals surface area (Å²) < 4.78 is 5.73. The number of hydrazine groups is 1. The van der Waals surface area contributed by atoms with Crippen LogP contribution in [0, 0.1) is 17.8 Å². The first kappa shape index (κ1) is 15.8. The van der Waals surface area contributed by atoms with Crippen molar-refractivity contribution in [1.29, 1.82) is 0 Å². The molecule has 3 aliphatic rings. The number of nitrogens with two attached hydrogens (primary N) is 1. The summed E-state index contributed by atoms with van der Waals surface area (Å²) in [5.74, 6) is 8.75. The van der Waals surface area contributed by atoms with Crippen molar-refractivity contribution >= 4 is 0 Å². The van der Waals surface area contributed by atoms with Crippen LogP contribution in [0.25, 0.3) is 0 Å². The van der Waals surface area contributed by atoms with Gasteiger partial charge in [-0.05, 0) is 69.1 Å². The Morgan fingerprint density at radius 3 is 2.62 bits per heavy atom. The minimum absolute atomic E-state index is 0.536. The topological polar surface area (TPSA) is 47.3 Å². The molecule has 3 nitrogen and oxygen atoms in total. The van der Waals surface area contributed by atoms with E-state index in [0.717, 1.165) is 24.4 Å². The van der Waals surface area contributed by atoms with E-state index in [9.17, 15) is 0 Å². The van der Waals surface area contributed by atoms with E-state index in [1.165, 1.54) is 77.0 Å². The molecule has 0 aromatic carbocycles. The molecule has 21 heavy (non-hydrogen) atoms. The van der Waals surface area contributed by atoms with E-state index < -0.39 is 0 Å². The summed E-state index contributed by atoms with van der Waals surface area (Å²) in [6.07, 6.45) is 17.0. The summed E-state index contributed by atoms with van der Waals surface area (Å²) in [5.41, 5.74) is 3.15. The van der Waals surface area contributed by atoms with Gasteiger partial charge in [0.1, 0.15) is 0 Å². The molecule has 0 amide bonds. The molecular formula is C18H34N2O. The first-order valence-corrected chi connectivity index (χ1v) is 9.44. The third kappa shape index (κ3) is 4.20. The Bertz CT molecular complexity index is 304. The summed E-state index contributed by atoms with van der Waals surface area (Å²) in [6, 6.07) is 0.536. The zero-order chi connectivity index (χ0) is 14.5. The van der Waals surface area contributed by atoms with E-state index in [-0.39, 0.29) is 0 Å². The Balaban J connectivity index is 1.42. The highest BCUT2D eigenvalue weighted by Crippen LogP contribution is 2.44. The molecule has 3 rings (SSSR count). The van der Waals surface area contributed by atoms with Gasteiger partial charge in [-0.25, -0.2) is 0 Å². The fraction of sp³-hybridized carbons (Fsp3) is 1.00. The maximum atomic E-state index is 5.88. The van der Waals surface area contributed by atoms with E-state index in [4.69, 9.17) is 10.6 Å². The molecule has 2 saturated carbocycles. The number of rotatable bonds is 6. The lowest BCUT2D eigenvalue weighted by molar-refractivity contribution is 0.0922. The van der Waals surface area contributed by atoms with Crippen molar-refractivity contribution in [3.63, 3.8) is 0 Å². The van der Waals surface area contributed by atoms with E-state index in [1.807, 2.05) is 0 Å². The average Bonchev–Trinajstić information content (AvgIpc) is 3.04. The van der Waals surface area contributed by atoms with Crippen LogP contribution in [0.1, 0.15) is 77.0 Å². The lowest BCUT2D eigenvalue weighted by Crippen LogP contribution is -2.44. The van der Waals surface area contributed by atoms with Gasteiger partial charge in [0.2, 0.25) is 0 Å². The molecule has 1 saturated heterocycles. The monoisotopic (exact) mass is 294 g/mol. The number of hydrogen-bond donors (Lipinski definition) is 2. The maximum absolute atomic E-state index is 5.88. The maximum Gasteiger partial charge on any atom is 0.0576 e. The first-order chi connectivity index (χ1) is 10.4. The van der Waals surface area contributed by atoms with Gasteiger partial charge in [-0.3, -0.25) is 11.3 Å². The highest BCUT2D eigenvalue weighted by molar-refractivity contribution is 4.87. The summed E-state index contributed by atoms with van der Waals surface area (Å²) >= 11 is 0. The molecule has 3 fully saturated rings. The fourth-order valence-corrected chi connectivity index (χ4v) is 5.17. The van der Waals surface area contributed by atoms with Crippen LogP contribution in [0.15, 0.2) is 0 Å². The lowest BCUT2D eigenvalue weighted by atomic mass is 9.66. The highest BCUT2D eigenvalue weighted by Gasteiger charge is 2.35. The molecule has 0 spiro atoms. The normalized spacial score (nSPS) is 38.1. The van der Waals surface area contributed by atoms with Crippen molar-refractivity contribution < 1.29 is 4.74 Å². The average molecular weight is 294 g/mol. The molecule has 122 valence electrons. The van der Waals surface area contributed by atoms with Gasteiger partial charge in [0.15, 0.2) is 0 Å². The second kappa shape index (κ2) is 7.94. The summed E-state index contributed by atoms with van der Waals surface area (Å²) in [7, 11) is 0. The van der Waals surface area contributed by atoms with Crippen LogP contribution in [0.2, 0.25) is 0 Å². The second-order valence-electron chi connectivity index (χ2n) is 7.72. The number of hydrogen-bond acceptors (Lipinski definition) is 3. The zero-order valence-corrected chi connectivity index (χ0v) is 13.6. The summed E-state index contributed by atoms with van der Waals surface area (Å²) in [4.78, 5) is 0. The Morgan fingerprint density at radius 1 is 1.00 bits per heavy atom. The van der Waals surface area contributed by atoms with Crippen molar-refractivity contribution in [3.8, 4) is 0 Å². The lowest BCUT2D eigenvalue weighted by Gasteiger charge is -2.42. The Labute approximate surface area is 130 Å². The molecule has 0 bridgehead atoms. The molecule has 0 aromatic rings. The van der Waals surface area contributed by atoms with Gasteiger partial charge >= 0.3 is 0 Å². The van der Waals surface area contributed by atoms with Crippen LogP contribution in [-0.4, -0.2) is 18.8 Å². The zero-order valence-electron chi connectivity index (χ0n) is 13.6. The van der Waals surface area contributed by atoms with Crippen LogP contribution in [0.4, 0.5) is 0 Å². The molecular weight excluding hydrogens is 260 g/mol. The van der Waals surface area contributed by atoms with E-state index in [2.05, 4.69) is 5.43 Å². The third-order valence-corrected chi connectivity index (χ3v) is 6.43. The Morgan fingerprint density at radius 2 is 1.86 bits per heavy atom. The van der Waals surface area contributed by atoms with Crippen LogP contribution in [0.5, 0.6) is 0 Å². The van der Waals surface area contributed by atoms with Crippen molar-refractivity contribution in [1.82, 2.24) is 5.43 Å². The Kier molecular flexibility index (Phi) is 5.96. The third-order valence-electron chi connectivity index (χ3n) is 6.43. The van der Waals surface area contributed by atoms with Crippen LogP contribution in [0.3, 0.4) is 0 Å². The highest BCUT2D eigenvalue weighted by atomic mass is 16.5. The molecule has 3 heteroatoms. The van der Waals surface area contributed by atoms with Crippen molar-refractivity contribution in [2.75, 3.05) is 6.61 Å². The molecule has 0 radical (unpaired) electrons. The van der Waals surface area contributed by atoms with Crippen LogP contribution < -0.4 is 11.3 Å². The number of ether oxygens (including phenoxy) is 1. The first-order valence-electron chi connectivity index (χ1n) is 9.44. The molecule has 2 aliphatic carbocycles. The van der Waals surface area contributed by atoms with Crippen LogP contribution in [-0.2, 0) is 4.74 Å². The predicted molar refractivity (Wildman–Crippen MR) is 86.7 cm³/mol. The molecule has 5 unspecified atom stereocenters. The quantitative estimate of drug-likeness (QED) is 0.579. The second-order valence-corrected chi connectivity index (χ2v) is 7.72. The van der Waals surface area contributed by atoms with Gasteiger partial charge in [-0.1, -0.05) is 25.7 Å². The standard InChI is InChI=1S/C18H34N2O/c19-20-18(9-3-7-17-8-4-12-21-17)16-11-10-14-5-1-2-6-15(14)13-16/h14-18,20H,1-13,19H2. The van der Waals surface area contributed by atoms with Gasteiger partial charge in [0, 0.05) is 12.6 Å². The molecule has 3 N–H and O–H groups in total. The fourth-order valence-electron chi connectivity index (χ4n) is 5.17. The summed E-state index contributed by atoms with van der Waals surface area (Å²) in [5, 5.41) is 0. The molecule has 1 aliphatic heterocycles. The van der Waals surface area contributed by atoms with E-state index >= 15 is 0 Å². The van der Waals surface area contributed by atoms with Crippen molar-refractivity contribution in [3.05, 3.63) is 0 Å². The van der Waals surface area contributed by atoms with E-state index in [1.54, 1.807) is 0 Å². The molecule has 1 heterocycles. The van der Waals surface area contributed by atoms with E-state index in [0.29, 0.717) is 12.1 Å². The minimum atomic E-state index is 0.536. The minimum Gasteiger partial charge on any atom is -0.378 e. The largest absolute Gasteiger partial charge is 0.378 e. The van der Waals surface area contributed by atoms with Gasteiger partial charge in [-0.2, -0.15) is 0 Å². The number of fused-ring (bicyclic) bond motifs is 1. The van der Waals surface area contributed by atoms with Gasteiger partial charge in [0.25, 0.3) is 0 Å². The van der Waals surface area contributed by atoms with Gasteiger partial charge < -0.3 is 4.74 Å². The summed E-state index contributed by atoms with van der Waals surface area (Å²) in [6.45, 7) is 0.981. The Hall–Kier alpha value is -0.120. The van der Waals surface area contributed by atoms with Gasteiger partial charge in [0.05, 0.1) is 6.10 Å². The molecule has 0 aromatic heterocycles. The van der Waals surface area contributed by atoms with Crippen LogP contribution >= 0.6 is 0 Å². The smallest absolute Gasteiger partial charge is 0.0576 e. The number of nitrogens with one attached hydrogen (secondary N) is 1. The van der Waals surface area contributed by atoms with Gasteiger partial charge in [-0.15, -0.1) is 0 Å².